The second-order valence-corrected chi connectivity index (χ2v) is 3.80. The van der Waals surface area contributed by atoms with Crippen LogP contribution < -0.4 is 5.32 Å². The fourth-order valence-corrected chi connectivity index (χ4v) is 1.89. The van der Waals surface area contributed by atoms with Gasteiger partial charge in [-0.15, -0.1) is 10.2 Å². The van der Waals surface area contributed by atoms with E-state index in [9.17, 15) is 4.79 Å². The van der Waals surface area contributed by atoms with Gasteiger partial charge in [0.05, 0.1) is 7.11 Å². The summed E-state index contributed by atoms with van der Waals surface area (Å²) in [6, 6.07) is 0. The number of esters is 1. The van der Waals surface area contributed by atoms with Crippen molar-refractivity contribution in [2.45, 2.75) is 5.92 Å². The standard InChI is InChI=1S/C7H9N3O2S/c1-12-7(11)6-10-9-5(13-6)4-2-8-3-4/h4,8H,2-3H2,1H3. The Kier molecular flexibility index (Phi) is 2.24. The van der Waals surface area contributed by atoms with E-state index < -0.39 is 5.97 Å². The highest BCUT2D eigenvalue weighted by molar-refractivity contribution is 7.13. The SMILES string of the molecule is COC(=O)c1nnc(C2CNC2)s1. The van der Waals surface area contributed by atoms with Crippen LogP contribution >= 0.6 is 11.3 Å². The number of nitrogens with one attached hydrogen (secondary N) is 1. The van der Waals surface area contributed by atoms with Gasteiger partial charge in [0.25, 0.3) is 0 Å². The lowest BCUT2D eigenvalue weighted by Gasteiger charge is -2.23. The first-order valence-electron chi connectivity index (χ1n) is 3.93. The zero-order valence-electron chi connectivity index (χ0n) is 7.11. The molecule has 0 aliphatic carbocycles. The third kappa shape index (κ3) is 1.54. The largest absolute Gasteiger partial charge is 0.464 e. The Bertz CT molecular complexity index is 321. The van der Waals surface area contributed by atoms with Crippen molar-refractivity contribution in [1.29, 1.82) is 0 Å². The molecule has 13 heavy (non-hydrogen) atoms. The van der Waals surface area contributed by atoms with Crippen molar-refractivity contribution < 1.29 is 9.53 Å². The Morgan fingerprint density at radius 2 is 2.38 bits per heavy atom. The number of methoxy groups -OCH3 is 1. The molecule has 0 saturated carbocycles. The summed E-state index contributed by atoms with van der Waals surface area (Å²) in [6.07, 6.45) is 0. The number of hydrogen-bond acceptors (Lipinski definition) is 6. The summed E-state index contributed by atoms with van der Waals surface area (Å²) in [6.45, 7) is 1.85. The van der Waals surface area contributed by atoms with Crippen LogP contribution in [0.5, 0.6) is 0 Å². The monoisotopic (exact) mass is 199 g/mol. The second kappa shape index (κ2) is 3.39. The summed E-state index contributed by atoms with van der Waals surface area (Å²) in [7, 11) is 1.34. The fraction of sp³-hybridized carbons (Fsp3) is 0.571. The molecule has 0 radical (unpaired) electrons. The van der Waals surface area contributed by atoms with Crippen molar-refractivity contribution in [2.24, 2.45) is 0 Å². The molecular weight excluding hydrogens is 190 g/mol. The highest BCUT2D eigenvalue weighted by Crippen LogP contribution is 2.23. The normalized spacial score (nSPS) is 16.7. The first-order chi connectivity index (χ1) is 6.31. The van der Waals surface area contributed by atoms with Crippen LogP contribution in [0.15, 0.2) is 0 Å². The quantitative estimate of drug-likeness (QED) is 0.680. The Labute approximate surface area is 79.1 Å². The molecule has 1 N–H and O–H groups in total. The Hall–Kier alpha value is -1.01. The third-order valence-corrected chi connectivity index (χ3v) is 3.00. The summed E-state index contributed by atoms with van der Waals surface area (Å²) in [4.78, 5) is 11.0. The summed E-state index contributed by atoms with van der Waals surface area (Å²) in [5.74, 6) is 0.0203. The van der Waals surface area contributed by atoms with Gasteiger partial charge in [-0.05, 0) is 0 Å². The molecule has 1 saturated heterocycles. The van der Waals surface area contributed by atoms with Gasteiger partial charge in [-0.1, -0.05) is 11.3 Å². The highest BCUT2D eigenvalue weighted by atomic mass is 32.1. The maximum absolute atomic E-state index is 11.0. The van der Waals surface area contributed by atoms with E-state index >= 15 is 0 Å². The summed E-state index contributed by atoms with van der Waals surface area (Å²) in [5, 5.41) is 12.1. The minimum atomic E-state index is -0.406. The smallest absolute Gasteiger partial charge is 0.369 e. The van der Waals surface area contributed by atoms with E-state index in [4.69, 9.17) is 0 Å². The van der Waals surface area contributed by atoms with E-state index in [1.54, 1.807) is 0 Å². The first kappa shape index (κ1) is 8.58. The molecule has 0 aromatic carbocycles. The number of carbonyl (C=O) groups is 1. The zero-order valence-corrected chi connectivity index (χ0v) is 7.93. The molecule has 70 valence electrons. The average molecular weight is 199 g/mol. The van der Waals surface area contributed by atoms with Gasteiger partial charge >= 0.3 is 5.97 Å². The number of ether oxygens (including phenoxy) is 1. The van der Waals surface area contributed by atoms with Crippen LogP contribution in [0.1, 0.15) is 20.7 Å². The van der Waals surface area contributed by atoms with E-state index in [1.165, 1.54) is 18.4 Å². The molecular formula is C7H9N3O2S. The molecule has 2 heterocycles. The number of nitrogens with zero attached hydrogens (tertiary/aromatic N) is 2. The molecule has 5 nitrogen and oxygen atoms in total. The average Bonchev–Trinajstić information content (AvgIpc) is 2.49. The van der Waals surface area contributed by atoms with Crippen LogP contribution in [-0.4, -0.2) is 36.4 Å². The fourth-order valence-electron chi connectivity index (χ4n) is 1.03. The van der Waals surface area contributed by atoms with Crippen molar-refractivity contribution in [1.82, 2.24) is 15.5 Å². The van der Waals surface area contributed by atoms with Gasteiger partial charge < -0.3 is 10.1 Å². The lowest BCUT2D eigenvalue weighted by molar-refractivity contribution is 0.0599. The van der Waals surface area contributed by atoms with E-state index in [-0.39, 0.29) is 0 Å². The third-order valence-electron chi connectivity index (χ3n) is 1.93. The van der Waals surface area contributed by atoms with Gasteiger partial charge in [0, 0.05) is 19.0 Å². The van der Waals surface area contributed by atoms with Crippen molar-refractivity contribution in [3.63, 3.8) is 0 Å². The maximum atomic E-state index is 11.0. The molecule has 0 unspecified atom stereocenters. The minimum absolute atomic E-state index is 0.337. The van der Waals surface area contributed by atoms with Crippen molar-refractivity contribution in [3.05, 3.63) is 10.0 Å². The molecule has 6 heteroatoms. The topological polar surface area (TPSA) is 64.1 Å². The molecule has 0 bridgehead atoms. The zero-order chi connectivity index (χ0) is 9.26. The number of carbonyl (C=O) groups excluding carboxylic acids is 1. The Morgan fingerprint density at radius 1 is 1.62 bits per heavy atom. The molecule has 1 aliphatic heterocycles. The lowest BCUT2D eigenvalue weighted by atomic mass is 10.1. The van der Waals surface area contributed by atoms with Crippen LogP contribution in [0.3, 0.4) is 0 Å². The molecule has 0 spiro atoms. The molecule has 2 rings (SSSR count). The van der Waals surface area contributed by atoms with Crippen LogP contribution in [-0.2, 0) is 4.74 Å². The predicted molar refractivity (Wildman–Crippen MR) is 46.9 cm³/mol. The van der Waals surface area contributed by atoms with Crippen LogP contribution in [0.25, 0.3) is 0 Å². The summed E-state index contributed by atoms with van der Waals surface area (Å²) >= 11 is 1.31. The van der Waals surface area contributed by atoms with Gasteiger partial charge in [0.2, 0.25) is 5.01 Å². The van der Waals surface area contributed by atoms with E-state index in [0.717, 1.165) is 18.1 Å². The minimum Gasteiger partial charge on any atom is -0.464 e. The number of hydrogen-bond donors (Lipinski definition) is 1. The molecule has 0 amide bonds. The number of aromatic nitrogens is 2. The van der Waals surface area contributed by atoms with Crippen molar-refractivity contribution in [2.75, 3.05) is 20.2 Å². The predicted octanol–water partition coefficient (Wildman–Crippen LogP) is 0.0115. The van der Waals surface area contributed by atoms with Gasteiger partial charge in [0.1, 0.15) is 5.01 Å². The second-order valence-electron chi connectivity index (χ2n) is 2.79. The molecule has 1 aliphatic rings. The van der Waals surface area contributed by atoms with Gasteiger partial charge in [-0.3, -0.25) is 0 Å². The van der Waals surface area contributed by atoms with E-state index in [0.29, 0.717) is 10.9 Å². The molecule has 1 aromatic heterocycles. The number of rotatable bonds is 2. The summed E-state index contributed by atoms with van der Waals surface area (Å²) in [5.41, 5.74) is 0. The van der Waals surface area contributed by atoms with Crippen LogP contribution in [0, 0.1) is 0 Å². The molecule has 0 atom stereocenters. The van der Waals surface area contributed by atoms with Crippen molar-refractivity contribution in [3.8, 4) is 0 Å². The van der Waals surface area contributed by atoms with Crippen LogP contribution in [0.2, 0.25) is 0 Å². The van der Waals surface area contributed by atoms with E-state index in [2.05, 4.69) is 20.3 Å². The van der Waals surface area contributed by atoms with Crippen LogP contribution in [0.4, 0.5) is 0 Å². The van der Waals surface area contributed by atoms with Gasteiger partial charge in [0.15, 0.2) is 0 Å². The highest BCUT2D eigenvalue weighted by Gasteiger charge is 2.24. The lowest BCUT2D eigenvalue weighted by Crippen LogP contribution is -2.39. The summed E-state index contributed by atoms with van der Waals surface area (Å²) < 4.78 is 4.53. The first-order valence-corrected chi connectivity index (χ1v) is 4.75. The molecule has 1 fully saturated rings. The molecule has 1 aromatic rings. The van der Waals surface area contributed by atoms with Crippen molar-refractivity contribution >= 4 is 17.3 Å². The Balaban J connectivity index is 2.12. The van der Waals surface area contributed by atoms with Gasteiger partial charge in [-0.2, -0.15) is 0 Å². The van der Waals surface area contributed by atoms with Gasteiger partial charge in [-0.25, -0.2) is 4.79 Å². The van der Waals surface area contributed by atoms with E-state index in [1.807, 2.05) is 0 Å². The Morgan fingerprint density at radius 3 is 2.92 bits per heavy atom. The maximum Gasteiger partial charge on any atom is 0.369 e.